The number of rotatable bonds is 1. The molecule has 6 nitrogen and oxygen atoms in total. The minimum absolute atomic E-state index is 0.715. The summed E-state index contributed by atoms with van der Waals surface area (Å²) in [5, 5.41) is 8.15. The van der Waals surface area contributed by atoms with Gasteiger partial charge in [0.2, 0.25) is 0 Å². The van der Waals surface area contributed by atoms with E-state index in [1.165, 1.54) is 4.85 Å². The summed E-state index contributed by atoms with van der Waals surface area (Å²) in [6, 6.07) is 0.715. The highest BCUT2D eigenvalue weighted by atomic mass is 19.5. The van der Waals surface area contributed by atoms with Gasteiger partial charge in [-0.3, -0.25) is 9.80 Å². The van der Waals surface area contributed by atoms with Gasteiger partial charge in [0.05, 0.1) is 5.69 Å². The van der Waals surface area contributed by atoms with E-state index in [1.807, 2.05) is 38.0 Å². The minimum atomic E-state index is -6.00. The number of halogens is 4. The first-order valence-electron chi connectivity index (χ1n) is 6.45. The first kappa shape index (κ1) is 18.0. The molecule has 0 spiro atoms. The number of carbonyl (C=O) groups excluding carboxylic acids is 1. The van der Waals surface area contributed by atoms with Gasteiger partial charge in [-0.15, -0.1) is 5.10 Å². The normalized spacial score (nSPS) is 12.9. The third kappa shape index (κ3) is 5.74. The van der Waals surface area contributed by atoms with Crippen molar-refractivity contribution in [3.05, 3.63) is 23.5 Å². The lowest BCUT2D eigenvalue weighted by molar-refractivity contribution is -0.253. The quantitative estimate of drug-likeness (QED) is 0.342. The van der Waals surface area contributed by atoms with Crippen LogP contribution in [0.3, 0.4) is 0 Å². The summed E-state index contributed by atoms with van der Waals surface area (Å²) in [6.45, 7) is 0. The van der Waals surface area contributed by atoms with Crippen molar-refractivity contribution in [2.24, 2.45) is 0 Å². The van der Waals surface area contributed by atoms with Crippen LogP contribution in [0.2, 0.25) is 0 Å². The molecule has 0 radical (unpaired) electrons. The molecule has 11 heteroatoms. The molecule has 1 aromatic rings. The van der Waals surface area contributed by atoms with Gasteiger partial charge >= 0.3 is 13.3 Å². The van der Waals surface area contributed by atoms with E-state index >= 15 is 0 Å². The van der Waals surface area contributed by atoms with Crippen LogP contribution in [0.15, 0.2) is 12.2 Å². The van der Waals surface area contributed by atoms with E-state index in [9.17, 15) is 17.3 Å². The standard InChI is InChI=1S/C11H18N5O.BF4/c1-14(2)11(15(3)4)17-16-10-8-6-5-7-9(10)12-13-16;2-1(3,4)5/h5-6H,7-8H2,1-4H3;/q+1;-1. The van der Waals surface area contributed by atoms with Gasteiger partial charge in [-0.05, 0) is 4.53 Å². The number of amides is 2. The number of hydrogen-bond donors (Lipinski definition) is 0. The Bertz CT molecular complexity index is 537. The minimum Gasteiger partial charge on any atom is -0.418 e. The Morgan fingerprint density at radius 3 is 2.09 bits per heavy atom. The van der Waals surface area contributed by atoms with Crippen LogP contribution in [0.1, 0.15) is 11.4 Å². The second-order valence-corrected chi connectivity index (χ2v) is 4.89. The maximum atomic E-state index is 9.75. The van der Waals surface area contributed by atoms with E-state index in [0.29, 0.717) is 6.03 Å². The first-order chi connectivity index (χ1) is 10.1. The van der Waals surface area contributed by atoms with Crippen LogP contribution in [0.5, 0.6) is 0 Å². The number of fused-ring (bicyclic) bond motifs is 1. The lowest BCUT2D eigenvalue weighted by atomic mass is 10.1. The van der Waals surface area contributed by atoms with Crippen molar-refractivity contribution >= 4 is 13.3 Å². The molecule has 1 aromatic heterocycles. The topological polar surface area (TPSA) is 48.5 Å². The molecule has 1 aliphatic carbocycles. The average molecular weight is 323 g/mol. The Morgan fingerprint density at radius 2 is 1.59 bits per heavy atom. The first-order valence-corrected chi connectivity index (χ1v) is 6.45. The van der Waals surface area contributed by atoms with Gasteiger partial charge in [-0.2, -0.15) is 0 Å². The highest BCUT2D eigenvalue weighted by molar-refractivity contribution is 6.50. The molecule has 124 valence electrons. The lowest BCUT2D eigenvalue weighted by Crippen LogP contribution is -2.35. The number of hydrogen-bond acceptors (Lipinski definition) is 2. The Labute approximate surface area is 125 Å². The van der Waals surface area contributed by atoms with Gasteiger partial charge in [-0.25, -0.2) is 0 Å². The molecule has 0 unspecified atom stereocenters. The molecule has 1 heterocycles. The highest BCUT2D eigenvalue weighted by Gasteiger charge is 2.25. The molecule has 0 aliphatic heterocycles. The molecule has 2 rings (SSSR count). The Morgan fingerprint density at radius 1 is 1.09 bits per heavy atom. The van der Waals surface area contributed by atoms with Gasteiger partial charge in [0.25, 0.3) is 0 Å². The summed E-state index contributed by atoms with van der Waals surface area (Å²) in [5.41, 5.74) is 2.01. The molecule has 0 saturated heterocycles. The second-order valence-electron chi connectivity index (χ2n) is 4.89. The molecule has 2 amide bonds. The summed E-state index contributed by atoms with van der Waals surface area (Å²) < 4.78 is 44.8. The van der Waals surface area contributed by atoms with Crippen molar-refractivity contribution in [2.75, 3.05) is 28.2 Å². The third-order valence-electron chi connectivity index (χ3n) is 2.53. The zero-order valence-electron chi connectivity index (χ0n) is 12.8. The maximum absolute atomic E-state index is 9.75. The maximum Gasteiger partial charge on any atom is 0.673 e. The Kier molecular flexibility index (Phi) is 5.95. The highest BCUT2D eigenvalue weighted by Crippen LogP contribution is 2.15. The largest absolute Gasteiger partial charge is 0.673 e. The Hall–Kier alpha value is -2.07. The van der Waals surface area contributed by atoms with Gasteiger partial charge in [0.1, 0.15) is 4.85 Å². The number of urea groups is 1. The van der Waals surface area contributed by atoms with E-state index in [1.54, 1.807) is 0 Å². The van der Waals surface area contributed by atoms with Crippen LogP contribution in [-0.4, -0.2) is 66.4 Å². The monoisotopic (exact) mass is 323 g/mol. The zero-order chi connectivity index (χ0) is 16.9. The molecule has 0 fully saturated rings. The number of nitrogens with zero attached hydrogens (tertiary/aromatic N) is 5. The van der Waals surface area contributed by atoms with Crippen LogP contribution in [0, 0.1) is 0 Å². The smallest absolute Gasteiger partial charge is 0.418 e. The molecule has 1 aliphatic rings. The van der Waals surface area contributed by atoms with Crippen molar-refractivity contribution in [3.63, 3.8) is 0 Å². The van der Waals surface area contributed by atoms with Crippen molar-refractivity contribution in [3.8, 4) is 0 Å². The van der Waals surface area contributed by atoms with Crippen LogP contribution in [-0.2, 0) is 12.8 Å². The van der Waals surface area contributed by atoms with Crippen molar-refractivity contribution in [2.45, 2.75) is 12.8 Å². The van der Waals surface area contributed by atoms with Crippen LogP contribution >= 0.6 is 0 Å². The summed E-state index contributed by atoms with van der Waals surface area (Å²) >= 11 is 0. The molecule has 0 N–H and O–H groups in total. The number of aromatic nitrogens is 3. The van der Waals surface area contributed by atoms with E-state index in [4.69, 9.17) is 4.53 Å². The summed E-state index contributed by atoms with van der Waals surface area (Å²) in [4.78, 5) is 5.30. The van der Waals surface area contributed by atoms with Crippen molar-refractivity contribution in [1.29, 1.82) is 0 Å². The fourth-order valence-corrected chi connectivity index (χ4v) is 1.78. The molecule has 0 saturated carbocycles. The third-order valence-corrected chi connectivity index (χ3v) is 2.53. The van der Waals surface area contributed by atoms with Gasteiger partial charge < -0.3 is 17.3 Å². The van der Waals surface area contributed by atoms with Crippen molar-refractivity contribution in [1.82, 2.24) is 25.0 Å². The van der Waals surface area contributed by atoms with E-state index in [-0.39, 0.29) is 0 Å². The van der Waals surface area contributed by atoms with E-state index in [2.05, 4.69) is 22.5 Å². The fraction of sp³-hybridized carbons (Fsp3) is 0.545. The fourth-order valence-electron chi connectivity index (χ4n) is 1.78. The van der Waals surface area contributed by atoms with Gasteiger partial charge in [0, 0.05) is 46.2 Å². The Balaban J connectivity index is 0.000000422. The SMILES string of the molecule is CN(C)C(=[O+]n1nnc2c1CC=CC2)N(C)C.F[B-](F)(F)F. The van der Waals surface area contributed by atoms with E-state index in [0.717, 1.165) is 24.2 Å². The zero-order valence-corrected chi connectivity index (χ0v) is 12.8. The predicted octanol–water partition coefficient (Wildman–Crippen LogP) is 1.77. The van der Waals surface area contributed by atoms with Gasteiger partial charge in [0.15, 0.2) is 5.69 Å². The summed E-state index contributed by atoms with van der Waals surface area (Å²) in [6.07, 6.45) is 5.86. The van der Waals surface area contributed by atoms with Crippen LogP contribution in [0.25, 0.3) is 0 Å². The summed E-state index contributed by atoms with van der Waals surface area (Å²) in [7, 11) is 1.72. The molecular formula is C11H18BF4N5O. The lowest BCUT2D eigenvalue weighted by Gasteiger charge is -2.10. The van der Waals surface area contributed by atoms with Crippen molar-refractivity contribution < 1.29 is 21.8 Å². The van der Waals surface area contributed by atoms with Gasteiger partial charge in [-0.1, -0.05) is 12.2 Å². The average Bonchev–Trinajstić information content (AvgIpc) is 2.76. The summed E-state index contributed by atoms with van der Waals surface area (Å²) in [5.74, 6) is 0. The van der Waals surface area contributed by atoms with Crippen LogP contribution < -0.4 is 0 Å². The van der Waals surface area contributed by atoms with Crippen LogP contribution in [0.4, 0.5) is 21.8 Å². The van der Waals surface area contributed by atoms with E-state index < -0.39 is 7.25 Å². The molecule has 0 bridgehead atoms. The molecular weight excluding hydrogens is 305 g/mol. The molecule has 0 aromatic carbocycles. The number of allylic oxidation sites excluding steroid dienone is 2. The molecule has 22 heavy (non-hydrogen) atoms. The predicted molar refractivity (Wildman–Crippen MR) is 74.9 cm³/mol. The molecule has 0 atom stereocenters. The second kappa shape index (κ2) is 7.27.